The highest BCUT2D eigenvalue weighted by atomic mass is 15.1. The Morgan fingerprint density at radius 1 is 0.833 bits per heavy atom. The molecule has 0 aliphatic heterocycles. The first-order chi connectivity index (χ1) is 11.9. The zero-order valence-corrected chi connectivity index (χ0v) is 13.1. The van der Waals surface area contributed by atoms with Crippen LogP contribution in [0.25, 0.3) is 11.5 Å². The van der Waals surface area contributed by atoms with Crippen molar-refractivity contribution in [1.82, 2.24) is 24.1 Å². The Labute approximate surface area is 140 Å². The lowest BCUT2D eigenvalue weighted by Gasteiger charge is -2.22. The fourth-order valence-corrected chi connectivity index (χ4v) is 2.88. The van der Waals surface area contributed by atoms with Gasteiger partial charge in [-0.3, -0.25) is 4.98 Å². The summed E-state index contributed by atoms with van der Waals surface area (Å²) in [5, 5.41) is 0. The van der Waals surface area contributed by atoms with Crippen molar-refractivity contribution in [1.29, 1.82) is 0 Å². The summed E-state index contributed by atoms with van der Waals surface area (Å²) in [6, 6.07) is 16.4. The van der Waals surface area contributed by atoms with Crippen molar-refractivity contribution in [3.63, 3.8) is 0 Å². The second-order valence-corrected chi connectivity index (χ2v) is 5.56. The molecule has 0 fully saturated rings. The standard InChI is InChI=1S/C19H17N5/c1-2-6-16(7-3-1)18(14-23-12-10-20-15-23)24-13-11-22-19(24)17-8-4-5-9-21-17/h1-13,15,18H,14H2/t18-/m1/s1. The molecular weight excluding hydrogens is 298 g/mol. The largest absolute Gasteiger partial charge is 0.335 e. The summed E-state index contributed by atoms with van der Waals surface area (Å²) in [6.45, 7) is 0.778. The molecule has 0 aliphatic rings. The normalized spacial score (nSPS) is 12.2. The minimum Gasteiger partial charge on any atom is -0.335 e. The van der Waals surface area contributed by atoms with Gasteiger partial charge in [0.05, 0.1) is 12.4 Å². The molecule has 0 bridgehead atoms. The third-order valence-corrected chi connectivity index (χ3v) is 4.03. The first-order valence-corrected chi connectivity index (χ1v) is 7.87. The fourth-order valence-electron chi connectivity index (χ4n) is 2.88. The van der Waals surface area contributed by atoms with Gasteiger partial charge in [-0.1, -0.05) is 36.4 Å². The van der Waals surface area contributed by atoms with E-state index in [0.29, 0.717) is 0 Å². The summed E-state index contributed by atoms with van der Waals surface area (Å²) in [7, 11) is 0. The number of rotatable bonds is 5. The number of hydrogen-bond acceptors (Lipinski definition) is 3. The molecule has 5 heteroatoms. The van der Waals surface area contributed by atoms with Gasteiger partial charge in [0.2, 0.25) is 0 Å². The number of pyridine rings is 1. The molecule has 0 radical (unpaired) electrons. The van der Waals surface area contributed by atoms with Crippen LogP contribution in [-0.2, 0) is 6.54 Å². The number of aromatic nitrogens is 5. The van der Waals surface area contributed by atoms with Gasteiger partial charge in [-0.15, -0.1) is 0 Å². The summed E-state index contributed by atoms with van der Waals surface area (Å²) >= 11 is 0. The lowest BCUT2D eigenvalue weighted by molar-refractivity contribution is 0.496. The van der Waals surface area contributed by atoms with Crippen molar-refractivity contribution in [3.8, 4) is 11.5 Å². The first-order valence-electron chi connectivity index (χ1n) is 7.87. The van der Waals surface area contributed by atoms with E-state index < -0.39 is 0 Å². The van der Waals surface area contributed by atoms with Gasteiger partial charge in [-0.2, -0.15) is 0 Å². The van der Waals surface area contributed by atoms with Gasteiger partial charge in [0, 0.05) is 37.5 Å². The second kappa shape index (κ2) is 6.50. The summed E-state index contributed by atoms with van der Waals surface area (Å²) < 4.78 is 4.26. The Morgan fingerprint density at radius 3 is 2.46 bits per heavy atom. The van der Waals surface area contributed by atoms with E-state index in [1.807, 2.05) is 49.2 Å². The predicted molar refractivity (Wildman–Crippen MR) is 92.3 cm³/mol. The molecule has 0 saturated carbocycles. The van der Waals surface area contributed by atoms with Gasteiger partial charge in [0.1, 0.15) is 5.69 Å². The molecule has 3 aromatic heterocycles. The summed E-state index contributed by atoms with van der Waals surface area (Å²) in [5.74, 6) is 0.865. The predicted octanol–water partition coefficient (Wildman–Crippen LogP) is 3.43. The molecule has 1 aromatic carbocycles. The number of hydrogen-bond donors (Lipinski definition) is 0. The average Bonchev–Trinajstić information content (AvgIpc) is 3.33. The average molecular weight is 315 g/mol. The lowest BCUT2D eigenvalue weighted by Crippen LogP contribution is -2.17. The van der Waals surface area contributed by atoms with Crippen molar-refractivity contribution < 1.29 is 0 Å². The maximum Gasteiger partial charge on any atom is 0.159 e. The molecule has 5 nitrogen and oxygen atoms in total. The Bertz CT molecular complexity index is 882. The Hall–Kier alpha value is -3.21. The summed E-state index contributed by atoms with van der Waals surface area (Å²) in [6.07, 6.45) is 11.3. The van der Waals surface area contributed by atoms with Crippen LogP contribution in [-0.4, -0.2) is 24.1 Å². The molecule has 4 rings (SSSR count). The third-order valence-electron chi connectivity index (χ3n) is 4.03. The maximum atomic E-state index is 4.54. The van der Waals surface area contributed by atoms with Gasteiger partial charge in [-0.05, 0) is 17.7 Å². The zero-order valence-electron chi connectivity index (χ0n) is 13.1. The van der Waals surface area contributed by atoms with Crippen LogP contribution in [0.2, 0.25) is 0 Å². The molecule has 0 saturated heterocycles. The molecule has 0 spiro atoms. The van der Waals surface area contributed by atoms with E-state index in [0.717, 1.165) is 18.1 Å². The molecular formula is C19H17N5. The Morgan fingerprint density at radius 2 is 1.71 bits per heavy atom. The maximum absolute atomic E-state index is 4.54. The SMILES string of the molecule is c1ccc([C@@H](Cn2ccnc2)n2ccnc2-c2ccccn2)cc1. The smallest absolute Gasteiger partial charge is 0.159 e. The van der Waals surface area contributed by atoms with Crippen LogP contribution in [0, 0.1) is 0 Å². The quantitative estimate of drug-likeness (QED) is 0.567. The molecule has 3 heterocycles. The van der Waals surface area contributed by atoms with E-state index in [-0.39, 0.29) is 6.04 Å². The molecule has 0 aliphatic carbocycles. The highest BCUT2D eigenvalue weighted by Gasteiger charge is 2.18. The van der Waals surface area contributed by atoms with Crippen LogP contribution in [0.3, 0.4) is 0 Å². The Kier molecular flexibility index (Phi) is 3.90. The van der Waals surface area contributed by atoms with Crippen molar-refractivity contribution in [2.24, 2.45) is 0 Å². The van der Waals surface area contributed by atoms with Crippen LogP contribution in [0.4, 0.5) is 0 Å². The number of benzene rings is 1. The molecule has 24 heavy (non-hydrogen) atoms. The topological polar surface area (TPSA) is 48.5 Å². The lowest BCUT2D eigenvalue weighted by atomic mass is 10.1. The van der Waals surface area contributed by atoms with Crippen LogP contribution in [0.5, 0.6) is 0 Å². The minimum atomic E-state index is 0.111. The van der Waals surface area contributed by atoms with Crippen LogP contribution in [0.1, 0.15) is 11.6 Å². The number of nitrogens with zero attached hydrogens (tertiary/aromatic N) is 5. The van der Waals surface area contributed by atoms with Gasteiger partial charge >= 0.3 is 0 Å². The fraction of sp³-hybridized carbons (Fsp3) is 0.105. The van der Waals surface area contributed by atoms with Crippen molar-refractivity contribution in [2.75, 3.05) is 0 Å². The highest BCUT2D eigenvalue weighted by Crippen LogP contribution is 2.26. The van der Waals surface area contributed by atoms with Gasteiger partial charge in [-0.25, -0.2) is 9.97 Å². The molecule has 118 valence electrons. The first kappa shape index (κ1) is 14.4. The van der Waals surface area contributed by atoms with Gasteiger partial charge in [0.15, 0.2) is 5.82 Å². The Balaban J connectivity index is 1.79. The summed E-state index contributed by atoms with van der Waals surface area (Å²) in [5.41, 5.74) is 2.09. The molecule has 0 N–H and O–H groups in total. The molecule has 1 atom stereocenters. The van der Waals surface area contributed by atoms with E-state index in [2.05, 4.69) is 48.4 Å². The van der Waals surface area contributed by atoms with Crippen molar-refractivity contribution in [3.05, 3.63) is 91.4 Å². The van der Waals surface area contributed by atoms with E-state index in [9.17, 15) is 0 Å². The van der Waals surface area contributed by atoms with Crippen LogP contribution in [0.15, 0.2) is 85.8 Å². The molecule has 0 unspecified atom stereocenters. The monoisotopic (exact) mass is 315 g/mol. The van der Waals surface area contributed by atoms with E-state index in [1.165, 1.54) is 5.56 Å². The van der Waals surface area contributed by atoms with Crippen LogP contribution < -0.4 is 0 Å². The number of imidazole rings is 2. The van der Waals surface area contributed by atoms with E-state index >= 15 is 0 Å². The molecule has 4 aromatic rings. The second-order valence-electron chi connectivity index (χ2n) is 5.56. The highest BCUT2D eigenvalue weighted by molar-refractivity contribution is 5.50. The van der Waals surface area contributed by atoms with Crippen molar-refractivity contribution >= 4 is 0 Å². The van der Waals surface area contributed by atoms with E-state index in [1.54, 1.807) is 12.4 Å². The van der Waals surface area contributed by atoms with Crippen molar-refractivity contribution in [2.45, 2.75) is 12.6 Å². The zero-order chi connectivity index (χ0) is 16.2. The van der Waals surface area contributed by atoms with Crippen LogP contribution >= 0.6 is 0 Å². The third kappa shape index (κ3) is 2.84. The molecule has 0 amide bonds. The minimum absolute atomic E-state index is 0.111. The summed E-state index contributed by atoms with van der Waals surface area (Å²) in [4.78, 5) is 13.1. The van der Waals surface area contributed by atoms with Gasteiger partial charge < -0.3 is 9.13 Å². The van der Waals surface area contributed by atoms with E-state index in [4.69, 9.17) is 0 Å². The van der Waals surface area contributed by atoms with Gasteiger partial charge in [0.25, 0.3) is 0 Å².